The molecule has 19 heavy (non-hydrogen) atoms. The van der Waals surface area contributed by atoms with Gasteiger partial charge in [0.1, 0.15) is 17.5 Å². The maximum absolute atomic E-state index is 11.5. The number of rotatable bonds is 4. The lowest BCUT2D eigenvalue weighted by atomic mass is 10.3. The van der Waals surface area contributed by atoms with Crippen molar-refractivity contribution in [1.82, 2.24) is 15.3 Å². The summed E-state index contributed by atoms with van der Waals surface area (Å²) >= 11 is 0. The lowest BCUT2D eigenvalue weighted by Gasteiger charge is -2.28. The average molecular weight is 261 g/mol. The van der Waals surface area contributed by atoms with Crippen LogP contribution in [0.25, 0.3) is 0 Å². The van der Waals surface area contributed by atoms with Crippen LogP contribution in [0, 0.1) is 0 Å². The Balaban J connectivity index is 1.87. The third-order valence-corrected chi connectivity index (χ3v) is 3.39. The normalized spacial score (nSPS) is 19.2. The second kappa shape index (κ2) is 5.03. The molecule has 6 heteroatoms. The van der Waals surface area contributed by atoms with Gasteiger partial charge in [-0.05, 0) is 19.8 Å². The fourth-order valence-corrected chi connectivity index (χ4v) is 2.24. The van der Waals surface area contributed by atoms with Crippen molar-refractivity contribution in [2.24, 2.45) is 0 Å². The van der Waals surface area contributed by atoms with Crippen LogP contribution in [0.15, 0.2) is 6.07 Å². The fraction of sp³-hybridized carbons (Fsp3) is 0.615. The Hall–Kier alpha value is -1.85. The standard InChI is InChI=1S/C13H19N5O/c1-2-14-10-7-11(17-13(16-10)9-3-4-9)18-6-5-15-12(19)8-18/h7,9H,2-6,8H2,1H3,(H,15,19)(H,14,16,17). The second-order valence-electron chi connectivity index (χ2n) is 5.05. The number of nitrogens with zero attached hydrogens (tertiary/aromatic N) is 3. The number of anilines is 2. The second-order valence-corrected chi connectivity index (χ2v) is 5.05. The Morgan fingerprint density at radius 3 is 3.00 bits per heavy atom. The molecule has 1 aromatic heterocycles. The molecule has 0 spiro atoms. The Kier molecular flexibility index (Phi) is 3.23. The Bertz CT molecular complexity index is 486. The summed E-state index contributed by atoms with van der Waals surface area (Å²) in [4.78, 5) is 22.7. The third-order valence-electron chi connectivity index (χ3n) is 3.39. The van der Waals surface area contributed by atoms with Gasteiger partial charge in [0.2, 0.25) is 5.91 Å². The zero-order chi connectivity index (χ0) is 13.2. The van der Waals surface area contributed by atoms with Gasteiger partial charge in [0, 0.05) is 31.6 Å². The van der Waals surface area contributed by atoms with E-state index < -0.39 is 0 Å². The molecule has 1 aliphatic heterocycles. The quantitative estimate of drug-likeness (QED) is 0.836. The summed E-state index contributed by atoms with van der Waals surface area (Å²) in [5, 5.41) is 6.07. The van der Waals surface area contributed by atoms with Crippen molar-refractivity contribution in [3.8, 4) is 0 Å². The van der Waals surface area contributed by atoms with Gasteiger partial charge in [-0.1, -0.05) is 0 Å². The largest absolute Gasteiger partial charge is 0.370 e. The summed E-state index contributed by atoms with van der Waals surface area (Å²) in [6, 6.07) is 1.94. The van der Waals surface area contributed by atoms with Crippen LogP contribution in [0.4, 0.5) is 11.6 Å². The van der Waals surface area contributed by atoms with Crippen LogP contribution in [0.3, 0.4) is 0 Å². The minimum atomic E-state index is 0.0582. The summed E-state index contributed by atoms with van der Waals surface area (Å²) in [6.45, 7) is 4.75. The minimum absolute atomic E-state index is 0.0582. The van der Waals surface area contributed by atoms with E-state index in [0.717, 1.165) is 30.5 Å². The van der Waals surface area contributed by atoms with Crippen molar-refractivity contribution in [3.63, 3.8) is 0 Å². The fourth-order valence-electron chi connectivity index (χ4n) is 2.24. The number of hydrogen-bond acceptors (Lipinski definition) is 5. The molecule has 1 saturated heterocycles. The van der Waals surface area contributed by atoms with Crippen LogP contribution < -0.4 is 15.5 Å². The molecule has 2 heterocycles. The predicted molar refractivity (Wildman–Crippen MR) is 73.4 cm³/mol. The monoisotopic (exact) mass is 261 g/mol. The summed E-state index contributed by atoms with van der Waals surface area (Å²) < 4.78 is 0. The van der Waals surface area contributed by atoms with Crippen molar-refractivity contribution < 1.29 is 4.79 Å². The highest BCUT2D eigenvalue weighted by atomic mass is 16.2. The van der Waals surface area contributed by atoms with Crippen LogP contribution in [0.2, 0.25) is 0 Å². The Morgan fingerprint density at radius 2 is 2.32 bits per heavy atom. The summed E-state index contributed by atoms with van der Waals surface area (Å²) in [5.74, 6) is 3.21. The molecule has 1 aliphatic carbocycles. The average Bonchev–Trinajstić information content (AvgIpc) is 3.23. The number of piperazine rings is 1. The maximum atomic E-state index is 11.5. The lowest BCUT2D eigenvalue weighted by molar-refractivity contribution is -0.120. The first-order valence-corrected chi connectivity index (χ1v) is 6.90. The summed E-state index contributed by atoms with van der Waals surface area (Å²) in [5.41, 5.74) is 0. The van der Waals surface area contributed by atoms with E-state index in [1.165, 1.54) is 12.8 Å². The molecule has 0 aromatic carbocycles. The van der Waals surface area contributed by atoms with E-state index in [1.807, 2.05) is 17.9 Å². The molecule has 3 rings (SSSR count). The van der Waals surface area contributed by atoms with Crippen molar-refractivity contribution in [1.29, 1.82) is 0 Å². The van der Waals surface area contributed by atoms with Gasteiger partial charge in [-0.25, -0.2) is 9.97 Å². The molecule has 0 unspecified atom stereocenters. The van der Waals surface area contributed by atoms with E-state index in [4.69, 9.17) is 0 Å². The smallest absolute Gasteiger partial charge is 0.239 e. The van der Waals surface area contributed by atoms with Gasteiger partial charge >= 0.3 is 0 Å². The van der Waals surface area contributed by atoms with Gasteiger partial charge in [0.05, 0.1) is 6.54 Å². The molecule has 0 atom stereocenters. The van der Waals surface area contributed by atoms with E-state index in [-0.39, 0.29) is 5.91 Å². The van der Waals surface area contributed by atoms with Gasteiger partial charge < -0.3 is 15.5 Å². The topological polar surface area (TPSA) is 70.2 Å². The van der Waals surface area contributed by atoms with Crippen LogP contribution in [-0.4, -0.2) is 42.1 Å². The first kappa shape index (κ1) is 12.2. The first-order valence-electron chi connectivity index (χ1n) is 6.90. The highest BCUT2D eigenvalue weighted by Gasteiger charge is 2.28. The number of nitrogens with one attached hydrogen (secondary N) is 2. The first-order chi connectivity index (χ1) is 9.26. The Morgan fingerprint density at radius 1 is 1.47 bits per heavy atom. The summed E-state index contributed by atoms with van der Waals surface area (Å²) in [7, 11) is 0. The molecule has 1 aromatic rings. The molecular weight excluding hydrogens is 242 g/mol. The minimum Gasteiger partial charge on any atom is -0.370 e. The van der Waals surface area contributed by atoms with E-state index in [0.29, 0.717) is 19.0 Å². The molecule has 0 radical (unpaired) electrons. The SMILES string of the molecule is CCNc1cc(N2CCNC(=O)C2)nc(C2CC2)n1. The van der Waals surface area contributed by atoms with Gasteiger partial charge in [-0.2, -0.15) is 0 Å². The molecule has 2 N–H and O–H groups in total. The van der Waals surface area contributed by atoms with Crippen molar-refractivity contribution >= 4 is 17.5 Å². The third kappa shape index (κ3) is 2.77. The molecule has 102 valence electrons. The van der Waals surface area contributed by atoms with E-state index in [2.05, 4.69) is 20.6 Å². The van der Waals surface area contributed by atoms with Crippen LogP contribution in [-0.2, 0) is 4.79 Å². The van der Waals surface area contributed by atoms with Crippen molar-refractivity contribution in [2.45, 2.75) is 25.7 Å². The molecule has 1 amide bonds. The lowest BCUT2D eigenvalue weighted by Crippen LogP contribution is -2.48. The molecule has 6 nitrogen and oxygen atoms in total. The highest BCUT2D eigenvalue weighted by molar-refractivity contribution is 5.82. The zero-order valence-electron chi connectivity index (χ0n) is 11.1. The molecule has 2 fully saturated rings. The van der Waals surface area contributed by atoms with E-state index in [1.54, 1.807) is 0 Å². The summed E-state index contributed by atoms with van der Waals surface area (Å²) in [6.07, 6.45) is 2.35. The number of hydrogen-bond donors (Lipinski definition) is 2. The van der Waals surface area contributed by atoms with Gasteiger partial charge in [0.25, 0.3) is 0 Å². The van der Waals surface area contributed by atoms with E-state index in [9.17, 15) is 4.79 Å². The number of amides is 1. The molecule has 1 saturated carbocycles. The molecular formula is C13H19N5O. The van der Waals surface area contributed by atoms with Gasteiger partial charge in [0.15, 0.2) is 0 Å². The molecule has 2 aliphatic rings. The van der Waals surface area contributed by atoms with Gasteiger partial charge in [-0.3, -0.25) is 4.79 Å². The number of carbonyl (C=O) groups excluding carboxylic acids is 1. The number of carbonyl (C=O) groups is 1. The van der Waals surface area contributed by atoms with Crippen LogP contribution in [0.1, 0.15) is 31.5 Å². The van der Waals surface area contributed by atoms with Crippen molar-refractivity contribution in [3.05, 3.63) is 11.9 Å². The Labute approximate surface area is 112 Å². The maximum Gasteiger partial charge on any atom is 0.239 e. The van der Waals surface area contributed by atoms with Crippen LogP contribution in [0.5, 0.6) is 0 Å². The van der Waals surface area contributed by atoms with Crippen LogP contribution >= 0.6 is 0 Å². The zero-order valence-corrected chi connectivity index (χ0v) is 11.1. The van der Waals surface area contributed by atoms with Crippen molar-refractivity contribution in [2.75, 3.05) is 36.4 Å². The predicted octanol–water partition coefficient (Wildman–Crippen LogP) is 0.722. The molecule has 0 bridgehead atoms. The van der Waals surface area contributed by atoms with Gasteiger partial charge in [-0.15, -0.1) is 0 Å². The van der Waals surface area contributed by atoms with E-state index >= 15 is 0 Å². The highest BCUT2D eigenvalue weighted by Crippen LogP contribution is 2.39. The number of aromatic nitrogens is 2.